The second kappa shape index (κ2) is 4.25. The fourth-order valence-electron chi connectivity index (χ4n) is 0.921. The van der Waals surface area contributed by atoms with Crippen LogP contribution >= 0.6 is 15.9 Å². The predicted octanol–water partition coefficient (Wildman–Crippen LogP) is 1.62. The lowest BCUT2D eigenvalue weighted by Crippen LogP contribution is -2.03. The van der Waals surface area contributed by atoms with E-state index in [-0.39, 0.29) is 17.2 Å². The van der Waals surface area contributed by atoms with E-state index in [2.05, 4.69) is 20.8 Å². The molecule has 0 spiro atoms. The number of methoxy groups -OCH3 is 1. The molecule has 0 unspecified atom stereocenters. The van der Waals surface area contributed by atoms with Gasteiger partial charge in [-0.3, -0.25) is 10.1 Å². The summed E-state index contributed by atoms with van der Waals surface area (Å²) in [7, 11) is 1.33. The first-order valence-corrected chi connectivity index (χ1v) is 4.28. The zero-order valence-corrected chi connectivity index (χ0v) is 8.78. The molecule has 2 N–H and O–H groups in total. The maximum absolute atomic E-state index is 10.6. The molecule has 0 bridgehead atoms. The number of nitrogens with two attached hydrogens (primary N) is 1. The first-order chi connectivity index (χ1) is 6.60. The molecule has 0 fully saturated rings. The Labute approximate surface area is 87.8 Å². The standard InChI is InChI=1S/C7H7BrN2O4/c1-13-7-3-6(14-9)4(8)2-5(7)10(11)12/h2-3H,9H2,1H3. The summed E-state index contributed by atoms with van der Waals surface area (Å²) in [6, 6.07) is 2.60. The van der Waals surface area contributed by atoms with Gasteiger partial charge in [0.1, 0.15) is 0 Å². The summed E-state index contributed by atoms with van der Waals surface area (Å²) in [6.45, 7) is 0. The maximum Gasteiger partial charge on any atom is 0.312 e. The van der Waals surface area contributed by atoms with Gasteiger partial charge in [-0.05, 0) is 15.9 Å². The van der Waals surface area contributed by atoms with Crippen molar-refractivity contribution in [2.45, 2.75) is 0 Å². The summed E-state index contributed by atoms with van der Waals surface area (Å²) >= 11 is 3.07. The van der Waals surface area contributed by atoms with Crippen LogP contribution in [0.3, 0.4) is 0 Å². The number of halogens is 1. The smallest absolute Gasteiger partial charge is 0.312 e. The number of hydrogen-bond donors (Lipinski definition) is 1. The van der Waals surface area contributed by atoms with Crippen LogP contribution < -0.4 is 15.5 Å². The zero-order chi connectivity index (χ0) is 10.7. The molecule has 0 atom stereocenters. The molecule has 0 aromatic heterocycles. The van der Waals surface area contributed by atoms with Gasteiger partial charge in [0.25, 0.3) is 0 Å². The molecule has 1 aromatic rings. The van der Waals surface area contributed by atoms with Crippen molar-refractivity contribution in [3.05, 3.63) is 26.7 Å². The minimum atomic E-state index is -0.552. The number of rotatable bonds is 3. The summed E-state index contributed by atoms with van der Waals surface area (Å²) < 4.78 is 5.20. The molecule has 0 saturated carbocycles. The highest BCUT2D eigenvalue weighted by Gasteiger charge is 2.18. The second-order valence-corrected chi connectivity index (χ2v) is 3.18. The van der Waals surface area contributed by atoms with Gasteiger partial charge >= 0.3 is 5.69 Å². The Morgan fingerprint density at radius 1 is 1.50 bits per heavy atom. The van der Waals surface area contributed by atoms with Crippen LogP contribution in [-0.4, -0.2) is 12.0 Å². The normalized spacial score (nSPS) is 9.64. The SMILES string of the molecule is COc1cc(ON)c(Br)cc1[N+](=O)[O-]. The van der Waals surface area contributed by atoms with Gasteiger partial charge in [-0.15, -0.1) is 0 Å². The topological polar surface area (TPSA) is 87.6 Å². The number of benzene rings is 1. The Balaban J connectivity index is 3.31. The highest BCUT2D eigenvalue weighted by atomic mass is 79.9. The summed E-state index contributed by atoms with van der Waals surface area (Å²) in [5.74, 6) is 5.31. The highest BCUT2D eigenvalue weighted by Crippen LogP contribution is 2.36. The summed E-state index contributed by atoms with van der Waals surface area (Å²) in [5, 5.41) is 10.6. The van der Waals surface area contributed by atoms with Crippen molar-refractivity contribution in [1.82, 2.24) is 0 Å². The van der Waals surface area contributed by atoms with Crippen LogP contribution in [-0.2, 0) is 0 Å². The molecular weight excluding hydrogens is 256 g/mol. The molecule has 76 valence electrons. The van der Waals surface area contributed by atoms with E-state index in [1.54, 1.807) is 0 Å². The largest absolute Gasteiger partial charge is 0.490 e. The van der Waals surface area contributed by atoms with E-state index < -0.39 is 4.92 Å². The minimum absolute atomic E-state index is 0.0960. The Morgan fingerprint density at radius 2 is 2.14 bits per heavy atom. The molecule has 6 nitrogen and oxygen atoms in total. The van der Waals surface area contributed by atoms with Crippen molar-refractivity contribution in [3.8, 4) is 11.5 Å². The summed E-state index contributed by atoms with van der Waals surface area (Å²) in [5.41, 5.74) is -0.153. The summed E-state index contributed by atoms with van der Waals surface area (Å²) in [4.78, 5) is 14.5. The van der Waals surface area contributed by atoms with Crippen molar-refractivity contribution < 1.29 is 14.5 Å². The van der Waals surface area contributed by atoms with E-state index in [1.165, 1.54) is 19.2 Å². The van der Waals surface area contributed by atoms with Gasteiger partial charge in [0.15, 0.2) is 5.75 Å². The fourth-order valence-corrected chi connectivity index (χ4v) is 1.35. The van der Waals surface area contributed by atoms with Gasteiger partial charge in [-0.25, -0.2) is 0 Å². The molecule has 0 heterocycles. The van der Waals surface area contributed by atoms with E-state index in [1.807, 2.05) is 0 Å². The number of nitro groups is 1. The van der Waals surface area contributed by atoms with Gasteiger partial charge in [0.2, 0.25) is 5.75 Å². The van der Waals surface area contributed by atoms with Crippen molar-refractivity contribution in [2.75, 3.05) is 7.11 Å². The molecule has 0 aliphatic heterocycles. The van der Waals surface area contributed by atoms with Gasteiger partial charge in [-0.2, -0.15) is 5.90 Å². The molecule has 0 aliphatic carbocycles. The van der Waals surface area contributed by atoms with Crippen LogP contribution in [0.1, 0.15) is 0 Å². The van der Waals surface area contributed by atoms with Crippen LogP contribution in [0.15, 0.2) is 16.6 Å². The van der Waals surface area contributed by atoms with Crippen LogP contribution in [0.5, 0.6) is 11.5 Å². The number of hydrogen-bond acceptors (Lipinski definition) is 5. The van der Waals surface area contributed by atoms with E-state index >= 15 is 0 Å². The first kappa shape index (κ1) is 10.7. The average Bonchev–Trinajstić information content (AvgIpc) is 2.17. The molecule has 0 amide bonds. The third kappa shape index (κ3) is 1.94. The maximum atomic E-state index is 10.6. The van der Waals surface area contributed by atoms with E-state index in [0.29, 0.717) is 4.47 Å². The highest BCUT2D eigenvalue weighted by molar-refractivity contribution is 9.10. The Hall–Kier alpha value is -1.34. The quantitative estimate of drug-likeness (QED) is 0.661. The van der Waals surface area contributed by atoms with Gasteiger partial charge < -0.3 is 9.57 Å². The van der Waals surface area contributed by atoms with Gasteiger partial charge in [0, 0.05) is 12.1 Å². The predicted molar refractivity (Wildman–Crippen MR) is 52.2 cm³/mol. The molecular formula is C7H7BrN2O4. The molecule has 1 aromatic carbocycles. The molecule has 0 saturated heterocycles. The van der Waals surface area contributed by atoms with Crippen LogP contribution in [0.4, 0.5) is 5.69 Å². The monoisotopic (exact) mass is 262 g/mol. The van der Waals surface area contributed by atoms with E-state index in [0.717, 1.165) is 0 Å². The lowest BCUT2D eigenvalue weighted by Gasteiger charge is -2.05. The van der Waals surface area contributed by atoms with Crippen molar-refractivity contribution in [1.29, 1.82) is 0 Å². The molecule has 14 heavy (non-hydrogen) atoms. The lowest BCUT2D eigenvalue weighted by molar-refractivity contribution is -0.385. The van der Waals surface area contributed by atoms with Crippen LogP contribution in [0.25, 0.3) is 0 Å². The van der Waals surface area contributed by atoms with Crippen molar-refractivity contribution in [3.63, 3.8) is 0 Å². The van der Waals surface area contributed by atoms with E-state index in [9.17, 15) is 10.1 Å². The number of nitro benzene ring substituents is 1. The average molecular weight is 263 g/mol. The second-order valence-electron chi connectivity index (χ2n) is 2.33. The van der Waals surface area contributed by atoms with Crippen LogP contribution in [0.2, 0.25) is 0 Å². The van der Waals surface area contributed by atoms with Crippen molar-refractivity contribution in [2.24, 2.45) is 5.90 Å². The van der Waals surface area contributed by atoms with Crippen LogP contribution in [0, 0.1) is 10.1 Å². The zero-order valence-electron chi connectivity index (χ0n) is 7.19. The third-order valence-electron chi connectivity index (χ3n) is 1.56. The third-order valence-corrected chi connectivity index (χ3v) is 2.18. The molecule has 0 radical (unpaired) electrons. The summed E-state index contributed by atoms with van der Waals surface area (Å²) in [6.07, 6.45) is 0. The Kier molecular flexibility index (Phi) is 3.26. The molecule has 0 aliphatic rings. The minimum Gasteiger partial charge on any atom is -0.490 e. The van der Waals surface area contributed by atoms with Gasteiger partial charge in [-0.1, -0.05) is 0 Å². The lowest BCUT2D eigenvalue weighted by atomic mass is 10.3. The van der Waals surface area contributed by atoms with Crippen molar-refractivity contribution >= 4 is 21.6 Å². The molecule has 1 rings (SSSR count). The number of nitrogens with zero attached hydrogens (tertiary/aromatic N) is 1. The number of ether oxygens (including phenoxy) is 1. The molecule has 7 heteroatoms. The Morgan fingerprint density at radius 3 is 2.57 bits per heavy atom. The fraction of sp³-hybridized carbons (Fsp3) is 0.143. The Bertz CT molecular complexity index is 369. The first-order valence-electron chi connectivity index (χ1n) is 3.48. The van der Waals surface area contributed by atoms with Gasteiger partial charge in [0.05, 0.1) is 16.5 Å². The van der Waals surface area contributed by atoms with E-state index in [4.69, 9.17) is 10.6 Å².